The van der Waals surface area contributed by atoms with Gasteiger partial charge in [-0.2, -0.15) is 0 Å². The van der Waals surface area contributed by atoms with Gasteiger partial charge in [-0.3, -0.25) is 0 Å². The Morgan fingerprint density at radius 2 is 0.842 bits per heavy atom. The molecule has 0 N–H and O–H groups in total. The quantitative estimate of drug-likeness (QED) is 0.152. The lowest BCUT2D eigenvalue weighted by molar-refractivity contribution is 0.538. The molecule has 0 bridgehead atoms. The van der Waals surface area contributed by atoms with Crippen LogP contribution in [0.25, 0.3) is 0 Å². The van der Waals surface area contributed by atoms with Crippen molar-refractivity contribution in [3.63, 3.8) is 0 Å². The second-order valence-electron chi connectivity index (χ2n) is 24.0. The maximum absolute atomic E-state index is 2.51. The molecular weight excluding hydrogens is 927 g/mol. The summed E-state index contributed by atoms with van der Waals surface area (Å²) < 4.78 is 16.4. The number of hydrogen-bond donors (Lipinski definition) is 0. The van der Waals surface area contributed by atoms with Crippen molar-refractivity contribution in [2.75, 3.05) is 0 Å². The molecule has 7 aromatic rings. The third-order valence-electron chi connectivity index (χ3n) is 15.3. The first-order valence-electron chi connectivity index (χ1n) is 29.6. The van der Waals surface area contributed by atoms with Crippen molar-refractivity contribution in [3.05, 3.63) is 165 Å². The summed E-state index contributed by atoms with van der Waals surface area (Å²) in [7, 11) is 0. The second-order valence-corrected chi connectivity index (χ2v) is 24.0. The summed E-state index contributed by atoms with van der Waals surface area (Å²) in [5.41, 5.74) is 19.4. The molecule has 7 nitrogen and oxygen atoms in total. The van der Waals surface area contributed by atoms with Gasteiger partial charge in [0.05, 0.1) is 0 Å². The second kappa shape index (κ2) is 31.4. The highest BCUT2D eigenvalue weighted by Crippen LogP contribution is 2.30. The molecule has 10 rings (SSSR count). The fourth-order valence-electron chi connectivity index (χ4n) is 11.7. The molecule has 0 aromatic carbocycles. The molecule has 0 radical (unpaired) electrons. The average molecular weight is 1040 g/mol. The third kappa shape index (κ3) is 18.6. The Balaban J connectivity index is 0.000000235. The minimum absolute atomic E-state index is 0. The SMILES string of the molecule is C.CC(C)n1ccc2c1CCCC2.CC(C)n1cccc1.Cc1cc(C)n(C(C)C)c1.Cc1cc2c(n1C(C)C)CCCC2.Cc1ccc(C)n1C(C)C.Cc1cccn1C(C)C.Cc1cn(C(C)C)c2c1CCCC2. The Kier molecular flexibility index (Phi) is 26.9. The van der Waals surface area contributed by atoms with Crippen molar-refractivity contribution in [2.45, 2.75) is 272 Å². The highest BCUT2D eigenvalue weighted by atomic mass is 15.0. The molecule has 424 valence electrons. The smallest absolute Gasteiger partial charge is 0.0279 e. The highest BCUT2D eigenvalue weighted by molar-refractivity contribution is 5.34. The molecule has 0 amide bonds. The first-order chi connectivity index (χ1) is 35.4. The molecule has 76 heavy (non-hydrogen) atoms. The molecule has 0 saturated carbocycles. The van der Waals surface area contributed by atoms with Crippen LogP contribution in [-0.4, -0.2) is 32.0 Å². The number of rotatable bonds is 7. The van der Waals surface area contributed by atoms with E-state index in [1.807, 2.05) is 12.1 Å². The van der Waals surface area contributed by atoms with Gasteiger partial charge in [0.1, 0.15) is 0 Å². The zero-order valence-corrected chi connectivity index (χ0v) is 51.8. The molecular formula is C69H113N7. The minimum atomic E-state index is 0. The zero-order valence-electron chi connectivity index (χ0n) is 51.8. The Bertz CT molecular complexity index is 2660. The van der Waals surface area contributed by atoms with Gasteiger partial charge in [-0.1, -0.05) is 7.43 Å². The van der Waals surface area contributed by atoms with Crippen LogP contribution in [0.2, 0.25) is 0 Å². The Morgan fingerprint density at radius 3 is 1.26 bits per heavy atom. The Morgan fingerprint density at radius 1 is 0.342 bits per heavy atom. The summed E-state index contributed by atoms with van der Waals surface area (Å²) >= 11 is 0. The molecule has 0 fully saturated rings. The lowest BCUT2D eigenvalue weighted by Gasteiger charge is -2.19. The largest absolute Gasteiger partial charge is 0.352 e. The number of aromatic nitrogens is 7. The zero-order chi connectivity index (χ0) is 55.7. The number of nitrogens with zero attached hydrogens (tertiary/aromatic N) is 7. The van der Waals surface area contributed by atoms with Crippen molar-refractivity contribution < 1.29 is 0 Å². The molecule has 3 aliphatic rings. The van der Waals surface area contributed by atoms with Crippen molar-refractivity contribution in [1.82, 2.24) is 32.0 Å². The van der Waals surface area contributed by atoms with E-state index in [1.165, 1.54) is 117 Å². The fourth-order valence-corrected chi connectivity index (χ4v) is 11.7. The van der Waals surface area contributed by atoms with Crippen LogP contribution >= 0.6 is 0 Å². The van der Waals surface area contributed by atoms with Gasteiger partial charge in [0.15, 0.2) is 0 Å². The van der Waals surface area contributed by atoms with E-state index in [1.54, 1.807) is 33.8 Å². The van der Waals surface area contributed by atoms with Crippen molar-refractivity contribution >= 4 is 0 Å². The van der Waals surface area contributed by atoms with E-state index in [4.69, 9.17) is 0 Å². The number of fused-ring (bicyclic) bond motifs is 3. The van der Waals surface area contributed by atoms with Crippen LogP contribution in [0, 0.1) is 48.5 Å². The van der Waals surface area contributed by atoms with Gasteiger partial charge in [-0.05, 0) is 305 Å². The van der Waals surface area contributed by atoms with Gasteiger partial charge in [-0.25, -0.2) is 0 Å². The normalized spacial score (nSPS) is 13.4. The van der Waals surface area contributed by atoms with E-state index in [2.05, 4.69) is 257 Å². The molecule has 7 heterocycles. The van der Waals surface area contributed by atoms with Crippen molar-refractivity contribution in [3.8, 4) is 0 Å². The lowest BCUT2D eigenvalue weighted by atomic mass is 9.95. The topological polar surface area (TPSA) is 34.5 Å². The molecule has 0 saturated heterocycles. The van der Waals surface area contributed by atoms with Crippen LogP contribution in [-0.2, 0) is 38.5 Å². The monoisotopic (exact) mass is 1040 g/mol. The van der Waals surface area contributed by atoms with Crippen LogP contribution in [0.1, 0.15) is 259 Å². The summed E-state index contributed by atoms with van der Waals surface area (Å²) in [5, 5.41) is 0. The minimum Gasteiger partial charge on any atom is -0.352 e. The van der Waals surface area contributed by atoms with Crippen molar-refractivity contribution in [2.24, 2.45) is 0 Å². The van der Waals surface area contributed by atoms with E-state index in [9.17, 15) is 0 Å². The van der Waals surface area contributed by atoms with Gasteiger partial charge in [-0.15, -0.1) is 0 Å². The van der Waals surface area contributed by atoms with Gasteiger partial charge in [0.25, 0.3) is 0 Å². The van der Waals surface area contributed by atoms with Gasteiger partial charge >= 0.3 is 0 Å². The summed E-state index contributed by atoms with van der Waals surface area (Å²) in [6.45, 7) is 46.3. The van der Waals surface area contributed by atoms with Crippen LogP contribution in [0.15, 0.2) is 91.8 Å². The van der Waals surface area contributed by atoms with Crippen molar-refractivity contribution in [1.29, 1.82) is 0 Å². The molecule has 0 unspecified atom stereocenters. The summed E-state index contributed by atoms with van der Waals surface area (Å²) in [6.07, 6.45) is 29.1. The Labute approximate surface area is 467 Å². The van der Waals surface area contributed by atoms with Crippen LogP contribution in [0.5, 0.6) is 0 Å². The van der Waals surface area contributed by atoms with Crippen LogP contribution in [0.3, 0.4) is 0 Å². The van der Waals surface area contributed by atoms with E-state index in [0.717, 1.165) is 0 Å². The van der Waals surface area contributed by atoms with E-state index >= 15 is 0 Å². The third-order valence-corrected chi connectivity index (χ3v) is 15.3. The standard InChI is InChI=1S/2C12H19N.C11H17N.2C9H15N.C8H13N.C7H11N.CH4/c1-9(2)13-8-10(3)11-6-4-5-7-12(11)13;1-9(2)13-10(3)8-11-6-4-5-7-12(11)13;1-9(2)12-8-7-10-5-3-4-6-11(10)12;1-7(2)10-6-8(3)5-9(10)4;1-7(2)10-8(3)5-6-9(10)4;1-7(2)9-6-4-5-8(9)3;1-7(2)8-5-3-4-6-8;/h2*8-9H,4-7H2,1-3H3;7-9H,3-6H2,1-2H3;2*5-7H,1-4H3;4-7H,1-3H3;3-7H,1-2H3;1H4. The van der Waals surface area contributed by atoms with Gasteiger partial charge in [0, 0.05) is 125 Å². The predicted octanol–water partition coefficient (Wildman–Crippen LogP) is 19.9. The van der Waals surface area contributed by atoms with Gasteiger partial charge in [0.2, 0.25) is 0 Å². The van der Waals surface area contributed by atoms with Gasteiger partial charge < -0.3 is 32.0 Å². The molecule has 0 atom stereocenters. The number of aryl methyl sites for hydroxylation is 9. The lowest BCUT2D eigenvalue weighted by Crippen LogP contribution is -2.11. The highest BCUT2D eigenvalue weighted by Gasteiger charge is 2.19. The van der Waals surface area contributed by atoms with Crippen LogP contribution in [0.4, 0.5) is 0 Å². The fraction of sp³-hybridized carbons (Fsp3) is 0.594. The predicted molar refractivity (Wildman–Crippen MR) is 334 cm³/mol. The van der Waals surface area contributed by atoms with E-state index < -0.39 is 0 Å². The Hall–Kier alpha value is -5.04. The first-order valence-corrected chi connectivity index (χ1v) is 29.6. The van der Waals surface area contributed by atoms with E-state index in [0.29, 0.717) is 42.3 Å². The molecule has 3 aliphatic carbocycles. The number of hydrogen-bond acceptors (Lipinski definition) is 0. The maximum atomic E-state index is 2.51. The summed E-state index contributed by atoms with van der Waals surface area (Å²) in [4.78, 5) is 0. The molecule has 7 heteroatoms. The summed E-state index contributed by atoms with van der Waals surface area (Å²) in [5.74, 6) is 0. The van der Waals surface area contributed by atoms with E-state index in [-0.39, 0.29) is 7.43 Å². The molecule has 0 aliphatic heterocycles. The molecule has 7 aromatic heterocycles. The molecule has 0 spiro atoms. The van der Waals surface area contributed by atoms with Crippen LogP contribution < -0.4 is 0 Å². The first kappa shape index (κ1) is 65.2. The summed E-state index contributed by atoms with van der Waals surface area (Å²) in [6, 6.07) is 23.8. The average Bonchev–Trinajstić information content (AvgIpc) is 4.23. The maximum Gasteiger partial charge on any atom is 0.0279 e.